The van der Waals surface area contributed by atoms with Crippen LogP contribution >= 0.6 is 11.3 Å². The van der Waals surface area contributed by atoms with Crippen LogP contribution < -0.4 is 10.6 Å². The van der Waals surface area contributed by atoms with Crippen molar-refractivity contribution in [2.75, 3.05) is 18.5 Å². The normalized spacial score (nSPS) is 13.0. The van der Waals surface area contributed by atoms with Crippen molar-refractivity contribution in [2.45, 2.75) is 32.7 Å². The molecule has 1 amide bonds. The van der Waals surface area contributed by atoms with Gasteiger partial charge in [-0.1, -0.05) is 6.07 Å². The van der Waals surface area contributed by atoms with Crippen LogP contribution in [-0.2, 0) is 19.4 Å². The first-order valence-corrected chi connectivity index (χ1v) is 8.70. The summed E-state index contributed by atoms with van der Waals surface area (Å²) in [6.07, 6.45) is 3.49. The van der Waals surface area contributed by atoms with E-state index in [4.69, 9.17) is 5.11 Å². The van der Waals surface area contributed by atoms with Crippen molar-refractivity contribution in [1.29, 1.82) is 0 Å². The Labute approximate surface area is 139 Å². The van der Waals surface area contributed by atoms with E-state index in [0.717, 1.165) is 29.1 Å². The number of aliphatic hydroxyl groups is 1. The second kappa shape index (κ2) is 7.10. The highest BCUT2D eigenvalue weighted by Gasteiger charge is 2.17. The molecule has 23 heavy (non-hydrogen) atoms. The number of fused-ring (bicyclic) bond motifs is 1. The van der Waals surface area contributed by atoms with Crippen molar-refractivity contribution < 1.29 is 9.90 Å². The molecular formula is C17H21N3O2S. The summed E-state index contributed by atoms with van der Waals surface area (Å²) in [6, 6.07) is 5.63. The average Bonchev–Trinajstić information content (AvgIpc) is 3.13. The maximum Gasteiger partial charge on any atom is 0.251 e. The largest absolute Gasteiger partial charge is 0.395 e. The summed E-state index contributed by atoms with van der Waals surface area (Å²) in [7, 11) is 0. The third kappa shape index (κ3) is 3.54. The van der Waals surface area contributed by atoms with Gasteiger partial charge in [-0.05, 0) is 43.9 Å². The molecule has 1 heterocycles. The third-order valence-electron chi connectivity index (χ3n) is 4.05. The van der Waals surface area contributed by atoms with Gasteiger partial charge in [0.2, 0.25) is 0 Å². The van der Waals surface area contributed by atoms with Crippen molar-refractivity contribution in [3.05, 3.63) is 44.9 Å². The predicted molar refractivity (Wildman–Crippen MR) is 92.1 cm³/mol. The minimum Gasteiger partial charge on any atom is -0.395 e. The van der Waals surface area contributed by atoms with Crippen LogP contribution in [0.15, 0.2) is 18.2 Å². The highest BCUT2D eigenvalue weighted by Crippen LogP contribution is 2.28. The van der Waals surface area contributed by atoms with E-state index in [1.807, 2.05) is 19.1 Å². The summed E-state index contributed by atoms with van der Waals surface area (Å²) in [5.74, 6) is -0.159. The first-order valence-electron chi connectivity index (χ1n) is 7.89. The van der Waals surface area contributed by atoms with E-state index in [9.17, 15) is 4.79 Å². The molecule has 2 aromatic rings. The van der Waals surface area contributed by atoms with Gasteiger partial charge in [0, 0.05) is 22.7 Å². The summed E-state index contributed by atoms with van der Waals surface area (Å²) < 4.78 is 0. The van der Waals surface area contributed by atoms with Crippen LogP contribution in [0.1, 0.15) is 37.9 Å². The van der Waals surface area contributed by atoms with Crippen LogP contribution in [-0.4, -0.2) is 29.1 Å². The van der Waals surface area contributed by atoms with Gasteiger partial charge in [0.15, 0.2) is 0 Å². The molecule has 0 radical (unpaired) electrons. The minimum absolute atomic E-state index is 0.0581. The zero-order valence-corrected chi connectivity index (χ0v) is 14.0. The Morgan fingerprint density at radius 3 is 3.04 bits per heavy atom. The summed E-state index contributed by atoms with van der Waals surface area (Å²) >= 11 is 1.79. The quantitative estimate of drug-likeness (QED) is 0.759. The third-order valence-corrected chi connectivity index (χ3v) is 5.20. The zero-order valence-electron chi connectivity index (χ0n) is 13.2. The van der Waals surface area contributed by atoms with Crippen LogP contribution in [0, 0.1) is 6.92 Å². The predicted octanol–water partition coefficient (Wildman–Crippen LogP) is 2.27. The minimum atomic E-state index is -0.159. The van der Waals surface area contributed by atoms with Gasteiger partial charge in [-0.2, -0.15) is 0 Å². The number of aryl methyl sites for hydroxylation is 2. The second-order valence-electron chi connectivity index (χ2n) is 5.64. The Balaban J connectivity index is 1.68. The first-order chi connectivity index (χ1) is 11.2. The maximum absolute atomic E-state index is 12.1. The number of benzene rings is 1. The van der Waals surface area contributed by atoms with Crippen LogP contribution in [0.3, 0.4) is 0 Å². The number of anilines is 1. The number of rotatable bonds is 6. The number of hydrogen-bond acceptors (Lipinski definition) is 5. The van der Waals surface area contributed by atoms with E-state index in [-0.39, 0.29) is 19.1 Å². The number of thiazole rings is 1. The van der Waals surface area contributed by atoms with Crippen LogP contribution in [0.4, 0.5) is 5.69 Å². The Morgan fingerprint density at radius 1 is 1.39 bits per heavy atom. The highest BCUT2D eigenvalue weighted by atomic mass is 32.1. The van der Waals surface area contributed by atoms with Crippen molar-refractivity contribution in [1.82, 2.24) is 10.3 Å². The summed E-state index contributed by atoms with van der Waals surface area (Å²) in [5, 5.41) is 16.0. The monoisotopic (exact) mass is 331 g/mol. The lowest BCUT2D eigenvalue weighted by Gasteiger charge is -2.12. The molecule has 0 spiro atoms. The molecule has 3 N–H and O–H groups in total. The van der Waals surface area contributed by atoms with E-state index in [1.165, 1.54) is 17.0 Å². The molecule has 1 aliphatic rings. The molecule has 1 aromatic heterocycles. The molecule has 0 saturated carbocycles. The Morgan fingerprint density at radius 2 is 2.26 bits per heavy atom. The van der Waals surface area contributed by atoms with E-state index >= 15 is 0 Å². The first kappa shape index (κ1) is 16.0. The van der Waals surface area contributed by atoms with E-state index < -0.39 is 0 Å². The lowest BCUT2D eigenvalue weighted by atomic mass is 10.1. The number of nitrogens with zero attached hydrogens (tertiary/aromatic N) is 1. The van der Waals surface area contributed by atoms with Crippen LogP contribution in [0.2, 0.25) is 0 Å². The molecular weight excluding hydrogens is 310 g/mol. The van der Waals surface area contributed by atoms with Crippen LogP contribution in [0.25, 0.3) is 0 Å². The number of aromatic nitrogens is 1. The molecule has 0 fully saturated rings. The molecule has 0 atom stereocenters. The fraction of sp³-hybridized carbons (Fsp3) is 0.412. The van der Waals surface area contributed by atoms with E-state index in [0.29, 0.717) is 12.1 Å². The molecule has 6 heteroatoms. The van der Waals surface area contributed by atoms with Gasteiger partial charge in [0.1, 0.15) is 5.01 Å². The van der Waals surface area contributed by atoms with Gasteiger partial charge < -0.3 is 15.7 Å². The van der Waals surface area contributed by atoms with Gasteiger partial charge >= 0.3 is 0 Å². The highest BCUT2D eigenvalue weighted by molar-refractivity contribution is 7.11. The molecule has 122 valence electrons. The van der Waals surface area contributed by atoms with E-state index in [1.54, 1.807) is 17.4 Å². The number of carbonyl (C=O) groups excluding carboxylic acids is 1. The maximum atomic E-state index is 12.1. The molecule has 0 aliphatic heterocycles. The van der Waals surface area contributed by atoms with Crippen molar-refractivity contribution in [2.24, 2.45) is 0 Å². The van der Waals surface area contributed by atoms with E-state index in [2.05, 4.69) is 15.6 Å². The SMILES string of the molecule is Cc1c(NCc2nc3c(s2)CCC3)cccc1C(=O)NCCO. The van der Waals surface area contributed by atoms with Crippen molar-refractivity contribution in [3.8, 4) is 0 Å². The molecule has 0 unspecified atom stereocenters. The molecule has 3 rings (SSSR count). The van der Waals surface area contributed by atoms with Crippen molar-refractivity contribution in [3.63, 3.8) is 0 Å². The average molecular weight is 331 g/mol. The van der Waals surface area contributed by atoms with Crippen molar-refractivity contribution >= 4 is 22.9 Å². The lowest BCUT2D eigenvalue weighted by Crippen LogP contribution is -2.27. The number of amides is 1. The second-order valence-corrected chi connectivity index (χ2v) is 6.81. The molecule has 1 aromatic carbocycles. The summed E-state index contributed by atoms with van der Waals surface area (Å²) in [6.45, 7) is 2.82. The summed E-state index contributed by atoms with van der Waals surface area (Å²) in [4.78, 5) is 18.2. The fourth-order valence-corrected chi connectivity index (χ4v) is 3.92. The van der Waals surface area contributed by atoms with Gasteiger partial charge in [0.25, 0.3) is 5.91 Å². The lowest BCUT2D eigenvalue weighted by molar-refractivity contribution is 0.0944. The number of hydrogen-bond donors (Lipinski definition) is 3. The Bertz CT molecular complexity index is 690. The standard InChI is InChI=1S/C17H21N3O2S/c1-11-12(17(22)18-8-9-21)4-2-5-13(11)19-10-16-20-14-6-3-7-15(14)23-16/h2,4-5,19,21H,3,6-10H2,1H3,(H,18,22). The number of carbonyl (C=O) groups is 1. The Kier molecular flexibility index (Phi) is 4.93. The molecule has 0 bridgehead atoms. The van der Waals surface area contributed by atoms with Crippen LogP contribution in [0.5, 0.6) is 0 Å². The van der Waals surface area contributed by atoms with Gasteiger partial charge in [-0.15, -0.1) is 11.3 Å². The summed E-state index contributed by atoms with van der Waals surface area (Å²) in [5.41, 5.74) is 3.75. The van der Waals surface area contributed by atoms with Gasteiger partial charge in [-0.25, -0.2) is 4.98 Å². The number of aliphatic hydroxyl groups excluding tert-OH is 1. The Hall–Kier alpha value is -1.92. The molecule has 5 nitrogen and oxygen atoms in total. The number of nitrogens with one attached hydrogen (secondary N) is 2. The zero-order chi connectivity index (χ0) is 16.2. The molecule has 0 saturated heterocycles. The van der Waals surface area contributed by atoms with Gasteiger partial charge in [0.05, 0.1) is 18.8 Å². The topological polar surface area (TPSA) is 74.2 Å². The fourth-order valence-electron chi connectivity index (χ4n) is 2.83. The van der Waals surface area contributed by atoms with Gasteiger partial charge in [-0.3, -0.25) is 4.79 Å². The molecule has 1 aliphatic carbocycles. The smallest absolute Gasteiger partial charge is 0.251 e.